The standard InChI is InChI=1S/C35H41F3N2O3/c1-3-34(25-32(41)43-2,27-11-5-4-6-12-27)21-9-10-22-40-23-19-29(20-24-40)39-33(42)31-14-8-7-13-30(31)26-15-17-28(18-16-26)35(36,37)38/h4-8,11-18,29H,3,9-10,19-25H2,1-2H3,(H,39,42). The number of hydrogen-bond donors (Lipinski definition) is 1. The van der Waals surface area contributed by atoms with Crippen molar-refractivity contribution in [3.8, 4) is 11.1 Å². The van der Waals surface area contributed by atoms with Gasteiger partial charge in [0.25, 0.3) is 5.91 Å². The van der Waals surface area contributed by atoms with Gasteiger partial charge < -0.3 is 15.0 Å². The number of alkyl halides is 3. The summed E-state index contributed by atoms with van der Waals surface area (Å²) in [5.74, 6) is -0.395. The Morgan fingerprint density at radius 3 is 2.16 bits per heavy atom. The van der Waals surface area contributed by atoms with Gasteiger partial charge in [0, 0.05) is 30.1 Å². The number of hydrogen-bond acceptors (Lipinski definition) is 4. The number of likely N-dealkylation sites (tertiary alicyclic amines) is 1. The largest absolute Gasteiger partial charge is 0.469 e. The molecule has 0 spiro atoms. The Hall–Kier alpha value is -3.65. The Morgan fingerprint density at radius 2 is 1.53 bits per heavy atom. The van der Waals surface area contributed by atoms with Gasteiger partial charge in [-0.1, -0.05) is 74.0 Å². The minimum atomic E-state index is -4.41. The van der Waals surface area contributed by atoms with Gasteiger partial charge in [0.15, 0.2) is 0 Å². The SMILES string of the molecule is CCC(CCCCN1CCC(NC(=O)c2ccccc2-c2ccc(C(F)(F)F)cc2)CC1)(CC(=O)OC)c1ccccc1. The number of carbonyl (C=O) groups is 2. The van der Waals surface area contributed by atoms with Crippen LogP contribution < -0.4 is 5.32 Å². The second-order valence-electron chi connectivity index (χ2n) is 11.4. The number of unbranched alkanes of at least 4 members (excludes halogenated alkanes) is 1. The zero-order valence-electron chi connectivity index (χ0n) is 25.0. The van der Waals surface area contributed by atoms with Crippen molar-refractivity contribution in [2.45, 2.75) is 69.5 Å². The molecule has 0 aromatic heterocycles. The van der Waals surface area contributed by atoms with Crippen LogP contribution in [0, 0.1) is 0 Å². The first-order chi connectivity index (χ1) is 20.6. The van der Waals surface area contributed by atoms with Crippen LogP contribution in [0.3, 0.4) is 0 Å². The molecule has 0 radical (unpaired) electrons. The number of ether oxygens (including phenoxy) is 1. The van der Waals surface area contributed by atoms with E-state index in [1.165, 1.54) is 24.8 Å². The van der Waals surface area contributed by atoms with Crippen LogP contribution >= 0.6 is 0 Å². The summed E-state index contributed by atoms with van der Waals surface area (Å²) in [7, 11) is 1.44. The van der Waals surface area contributed by atoms with E-state index in [0.29, 0.717) is 23.1 Å². The maximum atomic E-state index is 13.2. The molecule has 8 heteroatoms. The lowest BCUT2D eigenvalue weighted by Crippen LogP contribution is -2.45. The maximum absolute atomic E-state index is 13.2. The third-order valence-corrected chi connectivity index (χ3v) is 8.77. The highest BCUT2D eigenvalue weighted by Gasteiger charge is 2.33. The number of benzene rings is 3. The molecule has 1 N–H and O–H groups in total. The van der Waals surface area contributed by atoms with Crippen LogP contribution in [0.1, 0.15) is 73.4 Å². The van der Waals surface area contributed by atoms with Gasteiger partial charge in [-0.05, 0) is 73.5 Å². The Morgan fingerprint density at radius 1 is 0.884 bits per heavy atom. The van der Waals surface area contributed by atoms with Gasteiger partial charge in [-0.3, -0.25) is 9.59 Å². The highest BCUT2D eigenvalue weighted by atomic mass is 19.4. The van der Waals surface area contributed by atoms with E-state index in [1.54, 1.807) is 24.3 Å². The molecule has 0 aliphatic carbocycles. The summed E-state index contributed by atoms with van der Waals surface area (Å²) in [5, 5.41) is 3.15. The van der Waals surface area contributed by atoms with Gasteiger partial charge in [-0.25, -0.2) is 0 Å². The van der Waals surface area contributed by atoms with Crippen LogP contribution in [0.4, 0.5) is 13.2 Å². The normalized spacial score (nSPS) is 15.9. The number of halogens is 3. The fraction of sp³-hybridized carbons (Fsp3) is 0.429. The number of esters is 1. The number of piperidine rings is 1. The van der Waals surface area contributed by atoms with Gasteiger partial charge in [0.05, 0.1) is 19.1 Å². The molecule has 0 saturated carbocycles. The van der Waals surface area contributed by atoms with Crippen molar-refractivity contribution in [1.29, 1.82) is 0 Å². The van der Waals surface area contributed by atoms with Crippen LogP contribution in [0.15, 0.2) is 78.9 Å². The molecule has 1 heterocycles. The lowest BCUT2D eigenvalue weighted by molar-refractivity contribution is -0.142. The van der Waals surface area contributed by atoms with Crippen LogP contribution in [-0.4, -0.2) is 49.6 Å². The van der Waals surface area contributed by atoms with E-state index in [-0.39, 0.29) is 23.3 Å². The molecular formula is C35H41F3N2O3. The summed E-state index contributed by atoms with van der Waals surface area (Å²) in [6, 6.07) is 22.2. The number of methoxy groups -OCH3 is 1. The second kappa shape index (κ2) is 14.7. The highest BCUT2D eigenvalue weighted by molar-refractivity contribution is 6.01. The van der Waals surface area contributed by atoms with E-state index >= 15 is 0 Å². The van der Waals surface area contributed by atoms with E-state index in [4.69, 9.17) is 4.74 Å². The summed E-state index contributed by atoms with van der Waals surface area (Å²) < 4.78 is 44.0. The number of rotatable bonds is 12. The van der Waals surface area contributed by atoms with E-state index in [2.05, 4.69) is 29.3 Å². The van der Waals surface area contributed by atoms with E-state index in [9.17, 15) is 22.8 Å². The molecule has 1 aliphatic heterocycles. The van der Waals surface area contributed by atoms with Crippen LogP contribution in [0.2, 0.25) is 0 Å². The first-order valence-corrected chi connectivity index (χ1v) is 15.1. The van der Waals surface area contributed by atoms with Crippen LogP contribution in [0.5, 0.6) is 0 Å². The molecule has 1 amide bonds. The smallest absolute Gasteiger partial charge is 0.416 e. The number of carbonyl (C=O) groups excluding carboxylic acids is 2. The first kappa shape index (κ1) is 32.3. The first-order valence-electron chi connectivity index (χ1n) is 15.1. The van der Waals surface area contributed by atoms with Crippen molar-refractivity contribution in [3.05, 3.63) is 95.6 Å². The molecule has 230 valence electrons. The molecule has 1 atom stereocenters. The third kappa shape index (κ3) is 8.47. The summed E-state index contributed by atoms with van der Waals surface area (Å²) in [6.07, 6.45) is 1.42. The summed E-state index contributed by atoms with van der Waals surface area (Å²) >= 11 is 0. The summed E-state index contributed by atoms with van der Waals surface area (Å²) in [5.41, 5.74) is 1.86. The molecule has 1 saturated heterocycles. The molecule has 5 nitrogen and oxygen atoms in total. The van der Waals surface area contributed by atoms with Crippen molar-refractivity contribution in [1.82, 2.24) is 10.2 Å². The van der Waals surface area contributed by atoms with Gasteiger partial charge in [0.2, 0.25) is 0 Å². The Labute approximate surface area is 252 Å². The molecule has 3 aromatic rings. The van der Waals surface area contributed by atoms with Crippen molar-refractivity contribution in [2.24, 2.45) is 0 Å². The molecule has 1 unspecified atom stereocenters. The monoisotopic (exact) mass is 594 g/mol. The van der Waals surface area contributed by atoms with Crippen molar-refractivity contribution in [2.75, 3.05) is 26.7 Å². The minimum absolute atomic E-state index is 0.0373. The number of nitrogens with zero attached hydrogens (tertiary/aromatic N) is 1. The van der Waals surface area contributed by atoms with Crippen LogP contribution in [-0.2, 0) is 21.1 Å². The molecule has 1 fully saturated rings. The zero-order valence-corrected chi connectivity index (χ0v) is 25.0. The maximum Gasteiger partial charge on any atom is 0.416 e. The van der Waals surface area contributed by atoms with E-state index in [1.807, 2.05) is 18.2 Å². The predicted molar refractivity (Wildman–Crippen MR) is 163 cm³/mol. The third-order valence-electron chi connectivity index (χ3n) is 8.77. The molecule has 1 aliphatic rings. The highest BCUT2D eigenvalue weighted by Crippen LogP contribution is 2.37. The number of nitrogens with one attached hydrogen (secondary N) is 1. The fourth-order valence-corrected chi connectivity index (χ4v) is 6.12. The Balaban J connectivity index is 1.27. The lowest BCUT2D eigenvalue weighted by Gasteiger charge is -2.34. The molecule has 3 aromatic carbocycles. The van der Waals surface area contributed by atoms with Gasteiger partial charge in [-0.2, -0.15) is 13.2 Å². The average Bonchev–Trinajstić information content (AvgIpc) is 3.03. The van der Waals surface area contributed by atoms with Crippen molar-refractivity contribution < 1.29 is 27.5 Å². The zero-order chi connectivity index (χ0) is 30.9. The topological polar surface area (TPSA) is 58.6 Å². The quantitative estimate of drug-likeness (QED) is 0.173. The molecule has 43 heavy (non-hydrogen) atoms. The summed E-state index contributed by atoms with van der Waals surface area (Å²) in [4.78, 5) is 27.9. The fourth-order valence-electron chi connectivity index (χ4n) is 6.12. The van der Waals surface area contributed by atoms with Crippen molar-refractivity contribution >= 4 is 11.9 Å². The number of amides is 1. The Kier molecular flexibility index (Phi) is 11.0. The van der Waals surface area contributed by atoms with Gasteiger partial charge in [0.1, 0.15) is 0 Å². The predicted octanol–water partition coefficient (Wildman–Crippen LogP) is 7.65. The second-order valence-corrected chi connectivity index (χ2v) is 11.4. The summed E-state index contributed by atoms with van der Waals surface area (Å²) in [6.45, 7) is 4.86. The van der Waals surface area contributed by atoms with E-state index in [0.717, 1.165) is 70.3 Å². The average molecular weight is 595 g/mol. The lowest BCUT2D eigenvalue weighted by atomic mass is 9.72. The van der Waals surface area contributed by atoms with Crippen LogP contribution in [0.25, 0.3) is 11.1 Å². The van der Waals surface area contributed by atoms with E-state index < -0.39 is 11.7 Å². The minimum Gasteiger partial charge on any atom is -0.469 e. The molecule has 4 rings (SSSR count). The Bertz CT molecular complexity index is 1340. The van der Waals surface area contributed by atoms with Gasteiger partial charge in [-0.15, -0.1) is 0 Å². The molecule has 0 bridgehead atoms. The van der Waals surface area contributed by atoms with Gasteiger partial charge >= 0.3 is 12.1 Å². The van der Waals surface area contributed by atoms with Crippen molar-refractivity contribution in [3.63, 3.8) is 0 Å². The molecular weight excluding hydrogens is 553 g/mol.